The Hall–Kier alpha value is 0.640. The van der Waals surface area contributed by atoms with E-state index in [1.54, 1.807) is 0 Å². The third-order valence-electron chi connectivity index (χ3n) is 2.92. The first-order chi connectivity index (χ1) is 7.46. The summed E-state index contributed by atoms with van der Waals surface area (Å²) in [5, 5.41) is 0. The summed E-state index contributed by atoms with van der Waals surface area (Å²) in [5.41, 5.74) is 0. The number of halogens is 1. The number of rotatable bonds is 8. The lowest BCUT2D eigenvalue weighted by atomic mass is 10.3. The van der Waals surface area contributed by atoms with E-state index in [0.29, 0.717) is 5.92 Å². The first-order valence-electron chi connectivity index (χ1n) is 6.54. The molecular formula is C12H29ClN2P+. The first kappa shape index (κ1) is 16.6. The quantitative estimate of drug-likeness (QED) is 0.604. The zero-order valence-electron chi connectivity index (χ0n) is 11.8. The molecule has 2 nitrogen and oxygen atoms in total. The van der Waals surface area contributed by atoms with Crippen molar-refractivity contribution < 1.29 is 0 Å². The summed E-state index contributed by atoms with van der Waals surface area (Å²) in [6, 6.07) is 0. The maximum atomic E-state index is 7.03. The highest BCUT2D eigenvalue weighted by Gasteiger charge is 2.48. The van der Waals surface area contributed by atoms with Crippen molar-refractivity contribution in [2.45, 2.75) is 41.5 Å². The van der Waals surface area contributed by atoms with Gasteiger partial charge in [0.2, 0.25) is 0 Å². The fraction of sp³-hybridized carbons (Fsp3) is 1.00. The lowest BCUT2D eigenvalue weighted by molar-refractivity contribution is 0.411. The van der Waals surface area contributed by atoms with Gasteiger partial charge in [0.15, 0.2) is 0 Å². The van der Waals surface area contributed by atoms with Gasteiger partial charge in [-0.2, -0.15) is 0 Å². The largest absolute Gasteiger partial charge is 0.254 e. The van der Waals surface area contributed by atoms with Gasteiger partial charge >= 0.3 is 0 Å². The third-order valence-corrected chi connectivity index (χ3v) is 8.68. The molecule has 0 aliphatic heterocycles. The van der Waals surface area contributed by atoms with Crippen LogP contribution in [0.2, 0.25) is 0 Å². The topological polar surface area (TPSA) is 6.48 Å². The molecular weight excluding hydrogens is 239 g/mol. The van der Waals surface area contributed by atoms with Crippen molar-refractivity contribution >= 4 is 18.2 Å². The van der Waals surface area contributed by atoms with Crippen molar-refractivity contribution in [2.75, 3.05) is 32.3 Å². The van der Waals surface area contributed by atoms with Crippen molar-refractivity contribution in [2.24, 2.45) is 5.92 Å². The summed E-state index contributed by atoms with van der Waals surface area (Å²) >= 11 is 7.03. The van der Waals surface area contributed by atoms with Gasteiger partial charge in [0.1, 0.15) is 17.4 Å². The van der Waals surface area contributed by atoms with Gasteiger partial charge in [0.25, 0.3) is 6.92 Å². The van der Waals surface area contributed by atoms with Gasteiger partial charge in [-0.25, -0.2) is 0 Å². The van der Waals surface area contributed by atoms with Crippen LogP contribution in [0.4, 0.5) is 0 Å². The minimum absolute atomic E-state index is 0.659. The standard InChI is InChI=1S/C12H29ClN2P/c1-7-14(8-2)16(13,11-12(5)6)15(9-3)10-4/h12H,7-11H2,1-6H3/q+1. The summed E-state index contributed by atoms with van der Waals surface area (Å²) in [7, 11) is 0. The zero-order valence-corrected chi connectivity index (χ0v) is 13.5. The molecule has 0 atom stereocenters. The van der Waals surface area contributed by atoms with E-state index in [-0.39, 0.29) is 0 Å². The molecule has 0 aliphatic rings. The minimum Gasteiger partial charge on any atom is -0.149 e. The minimum atomic E-state index is -1.61. The fourth-order valence-corrected chi connectivity index (χ4v) is 7.78. The van der Waals surface area contributed by atoms with Crippen LogP contribution in [0.3, 0.4) is 0 Å². The Morgan fingerprint density at radius 1 is 0.875 bits per heavy atom. The molecule has 0 unspecified atom stereocenters. The highest BCUT2D eigenvalue weighted by Crippen LogP contribution is 2.69. The van der Waals surface area contributed by atoms with Gasteiger partial charge in [0, 0.05) is 26.2 Å². The van der Waals surface area contributed by atoms with Crippen LogP contribution >= 0.6 is 18.2 Å². The molecule has 4 heteroatoms. The van der Waals surface area contributed by atoms with Crippen LogP contribution in [0.15, 0.2) is 0 Å². The van der Waals surface area contributed by atoms with Gasteiger partial charge in [-0.3, -0.25) is 0 Å². The lowest BCUT2D eigenvalue weighted by Gasteiger charge is -2.36. The Labute approximate surface area is 108 Å². The second-order valence-corrected chi connectivity index (χ2v) is 8.90. The van der Waals surface area contributed by atoms with E-state index >= 15 is 0 Å². The van der Waals surface area contributed by atoms with Crippen molar-refractivity contribution in [3.8, 4) is 0 Å². The van der Waals surface area contributed by atoms with E-state index in [0.717, 1.165) is 32.3 Å². The van der Waals surface area contributed by atoms with Gasteiger partial charge in [-0.1, -0.05) is 13.8 Å². The fourth-order valence-electron chi connectivity index (χ4n) is 2.19. The van der Waals surface area contributed by atoms with Gasteiger partial charge in [0.05, 0.1) is 0 Å². The Morgan fingerprint density at radius 3 is 1.38 bits per heavy atom. The molecule has 0 saturated heterocycles. The van der Waals surface area contributed by atoms with Crippen LogP contribution < -0.4 is 0 Å². The van der Waals surface area contributed by atoms with Crippen LogP contribution in [0, 0.1) is 5.92 Å². The highest BCUT2D eigenvalue weighted by molar-refractivity contribution is 7.95. The normalized spacial score (nSPS) is 13.1. The lowest BCUT2D eigenvalue weighted by Crippen LogP contribution is -2.36. The molecule has 0 aromatic rings. The highest BCUT2D eigenvalue weighted by atomic mass is 35.7. The van der Waals surface area contributed by atoms with E-state index < -0.39 is 6.92 Å². The van der Waals surface area contributed by atoms with Crippen molar-refractivity contribution in [3.63, 3.8) is 0 Å². The van der Waals surface area contributed by atoms with E-state index in [1.807, 2.05) is 0 Å². The second kappa shape index (κ2) is 7.87. The van der Waals surface area contributed by atoms with Crippen LogP contribution in [0.5, 0.6) is 0 Å². The molecule has 98 valence electrons. The van der Waals surface area contributed by atoms with E-state index in [9.17, 15) is 0 Å². The maximum Gasteiger partial charge on any atom is 0.254 e. The van der Waals surface area contributed by atoms with Crippen molar-refractivity contribution in [1.82, 2.24) is 9.34 Å². The maximum absolute atomic E-state index is 7.03. The average molecular weight is 268 g/mol. The van der Waals surface area contributed by atoms with Gasteiger partial charge in [-0.05, 0) is 33.6 Å². The van der Waals surface area contributed by atoms with Crippen molar-refractivity contribution in [3.05, 3.63) is 0 Å². The molecule has 16 heavy (non-hydrogen) atoms. The number of nitrogens with zero attached hydrogens (tertiary/aromatic N) is 2. The summed E-state index contributed by atoms with van der Waals surface area (Å²) in [6.45, 7) is 16.0. The molecule has 0 aromatic heterocycles. The van der Waals surface area contributed by atoms with Gasteiger partial charge < -0.3 is 0 Å². The smallest absolute Gasteiger partial charge is 0.149 e. The Morgan fingerprint density at radius 2 is 1.19 bits per heavy atom. The summed E-state index contributed by atoms with van der Waals surface area (Å²) in [4.78, 5) is 0. The van der Waals surface area contributed by atoms with Crippen LogP contribution in [0.25, 0.3) is 0 Å². The first-order valence-corrected chi connectivity index (χ1v) is 9.33. The van der Waals surface area contributed by atoms with Crippen LogP contribution in [0.1, 0.15) is 41.5 Å². The molecule has 0 bridgehead atoms. The Kier molecular flexibility index (Phi) is 8.18. The van der Waals surface area contributed by atoms with Gasteiger partial charge in [-0.15, -0.1) is 9.34 Å². The third kappa shape index (κ3) is 4.14. The molecule has 0 heterocycles. The summed E-state index contributed by atoms with van der Waals surface area (Å²) < 4.78 is 4.95. The van der Waals surface area contributed by atoms with E-state index in [2.05, 4.69) is 50.9 Å². The molecule has 0 N–H and O–H groups in total. The average Bonchev–Trinajstić information content (AvgIpc) is 2.19. The van der Waals surface area contributed by atoms with Crippen LogP contribution in [-0.4, -0.2) is 41.7 Å². The molecule has 0 aliphatic carbocycles. The molecule has 0 aromatic carbocycles. The summed E-state index contributed by atoms with van der Waals surface area (Å²) in [5.74, 6) is 0.659. The molecule has 0 saturated carbocycles. The Bertz CT molecular complexity index is 168. The molecule has 0 spiro atoms. The zero-order chi connectivity index (χ0) is 12.8. The molecule has 0 rings (SSSR count). The monoisotopic (exact) mass is 267 g/mol. The molecule has 0 fully saturated rings. The van der Waals surface area contributed by atoms with E-state index in [4.69, 9.17) is 11.2 Å². The summed E-state index contributed by atoms with van der Waals surface area (Å²) in [6.07, 6.45) is 1.12. The Balaban J connectivity index is 4.97. The number of hydrogen-bond acceptors (Lipinski definition) is 2. The second-order valence-electron chi connectivity index (χ2n) is 4.50. The molecule has 0 amide bonds. The predicted molar refractivity (Wildman–Crippen MR) is 78.3 cm³/mol. The predicted octanol–water partition coefficient (Wildman–Crippen LogP) is 4.33. The SMILES string of the molecule is CCN(CC)[P+](Cl)(CC(C)C)N(CC)CC. The van der Waals surface area contributed by atoms with E-state index in [1.165, 1.54) is 0 Å². The molecule has 0 radical (unpaired) electrons. The number of hydrogen-bond donors (Lipinski definition) is 0. The van der Waals surface area contributed by atoms with Crippen molar-refractivity contribution in [1.29, 1.82) is 0 Å². The van der Waals surface area contributed by atoms with Crippen LogP contribution in [-0.2, 0) is 0 Å².